The van der Waals surface area contributed by atoms with E-state index < -0.39 is 0 Å². The van der Waals surface area contributed by atoms with Gasteiger partial charge in [-0.15, -0.1) is 0 Å². The van der Waals surface area contributed by atoms with Crippen LogP contribution in [0.5, 0.6) is 5.75 Å². The first-order chi connectivity index (χ1) is 9.06. The lowest BCUT2D eigenvalue weighted by atomic mass is 10.2. The molecule has 102 valence electrons. The second-order valence-corrected chi connectivity index (χ2v) is 5.75. The Balaban J connectivity index is 2.65. The van der Waals surface area contributed by atoms with Crippen LogP contribution in [0, 0.1) is 10.5 Å². The van der Waals surface area contributed by atoms with Crippen LogP contribution in [-0.2, 0) is 11.2 Å². The molecule has 2 aromatic heterocycles. The molecule has 0 bridgehead atoms. The van der Waals surface area contributed by atoms with Crippen LogP contribution in [0.2, 0.25) is 0 Å². The molecule has 3 nitrogen and oxygen atoms in total. The number of nitrogens with zero attached hydrogens (tertiary/aromatic N) is 1. The number of ether oxygens (including phenoxy) is 1. The van der Waals surface area contributed by atoms with E-state index in [4.69, 9.17) is 4.74 Å². The summed E-state index contributed by atoms with van der Waals surface area (Å²) >= 11 is 2.29. The summed E-state index contributed by atoms with van der Waals surface area (Å²) in [6, 6.07) is 6.08. The lowest BCUT2D eigenvalue weighted by Gasteiger charge is -2.06. The molecule has 0 atom stereocenters. The fourth-order valence-electron chi connectivity index (χ4n) is 2.30. The van der Waals surface area contributed by atoms with Gasteiger partial charge in [0.2, 0.25) is 0 Å². The maximum absolute atomic E-state index is 11.3. The number of fused-ring (bicyclic) bond motifs is 1. The predicted molar refractivity (Wildman–Crippen MR) is 84.8 cm³/mol. The Bertz CT molecular complexity index is 616. The molecular formula is C15H18INO2. The molecule has 2 rings (SSSR count). The summed E-state index contributed by atoms with van der Waals surface area (Å²) in [5, 5.41) is 0. The molecule has 0 aliphatic rings. The fourth-order valence-corrected chi connectivity index (χ4v) is 3.20. The zero-order valence-electron chi connectivity index (χ0n) is 11.5. The molecule has 2 aromatic rings. The third kappa shape index (κ3) is 2.78. The molecule has 0 aliphatic heterocycles. The van der Waals surface area contributed by atoms with Crippen LogP contribution in [0.25, 0.3) is 5.52 Å². The zero-order valence-corrected chi connectivity index (χ0v) is 13.7. The van der Waals surface area contributed by atoms with Crippen LogP contribution in [0.15, 0.2) is 18.2 Å². The molecule has 0 unspecified atom stereocenters. The summed E-state index contributed by atoms with van der Waals surface area (Å²) in [5.74, 6) is 0.428. The van der Waals surface area contributed by atoms with E-state index in [2.05, 4.69) is 46.9 Å². The van der Waals surface area contributed by atoms with E-state index in [-0.39, 0.29) is 5.97 Å². The monoisotopic (exact) mass is 371 g/mol. The maximum Gasteiger partial charge on any atom is 0.308 e. The first-order valence-electron chi connectivity index (χ1n) is 6.53. The largest absolute Gasteiger partial charge is 0.423 e. The molecule has 0 amide bonds. The Morgan fingerprint density at radius 3 is 2.79 bits per heavy atom. The van der Waals surface area contributed by atoms with E-state index in [1.54, 1.807) is 0 Å². The normalized spacial score (nSPS) is 10.9. The van der Waals surface area contributed by atoms with E-state index in [9.17, 15) is 4.79 Å². The lowest BCUT2D eigenvalue weighted by molar-refractivity contribution is -0.131. The Hall–Kier alpha value is -1.04. The molecule has 0 aromatic carbocycles. The van der Waals surface area contributed by atoms with E-state index in [1.165, 1.54) is 18.3 Å². The van der Waals surface area contributed by atoms with Crippen molar-refractivity contribution in [2.45, 2.75) is 40.0 Å². The van der Waals surface area contributed by atoms with Gasteiger partial charge in [-0.3, -0.25) is 4.79 Å². The molecule has 0 radical (unpaired) electrons. The standard InChI is InChI=1S/C15H18INO2/c1-4-5-8-12-14(16)15(19-11(3)18)13-9-6-7-10(2)17(12)13/h6-7,9H,4-5,8H2,1-3H3. The van der Waals surface area contributed by atoms with Crippen molar-refractivity contribution in [2.75, 3.05) is 0 Å². The van der Waals surface area contributed by atoms with Gasteiger partial charge >= 0.3 is 5.97 Å². The number of aryl methyl sites for hydroxylation is 2. The minimum atomic E-state index is -0.269. The smallest absolute Gasteiger partial charge is 0.308 e. The van der Waals surface area contributed by atoms with Crippen molar-refractivity contribution in [3.63, 3.8) is 0 Å². The predicted octanol–water partition coefficient (Wildman–Crippen LogP) is 4.12. The molecular weight excluding hydrogens is 353 g/mol. The van der Waals surface area contributed by atoms with E-state index in [0.717, 1.165) is 28.3 Å². The quantitative estimate of drug-likeness (QED) is 0.598. The number of hydrogen-bond acceptors (Lipinski definition) is 2. The maximum atomic E-state index is 11.3. The van der Waals surface area contributed by atoms with Crippen molar-refractivity contribution in [3.05, 3.63) is 33.2 Å². The number of esters is 1. The van der Waals surface area contributed by atoms with Crippen molar-refractivity contribution in [1.82, 2.24) is 4.40 Å². The van der Waals surface area contributed by atoms with Crippen molar-refractivity contribution in [2.24, 2.45) is 0 Å². The second-order valence-electron chi connectivity index (χ2n) is 4.67. The Kier molecular flexibility index (Phi) is 4.50. The molecule has 2 heterocycles. The van der Waals surface area contributed by atoms with Crippen LogP contribution < -0.4 is 4.74 Å². The number of aromatic nitrogens is 1. The highest BCUT2D eigenvalue weighted by Crippen LogP contribution is 2.34. The topological polar surface area (TPSA) is 30.7 Å². The van der Waals surface area contributed by atoms with Crippen LogP contribution in [0.3, 0.4) is 0 Å². The number of rotatable bonds is 4. The highest BCUT2D eigenvalue weighted by atomic mass is 127. The second kappa shape index (κ2) is 5.94. The minimum Gasteiger partial charge on any atom is -0.423 e. The zero-order chi connectivity index (χ0) is 14.0. The average Bonchev–Trinajstić information content (AvgIpc) is 2.62. The Morgan fingerprint density at radius 1 is 1.42 bits per heavy atom. The summed E-state index contributed by atoms with van der Waals surface area (Å²) in [5.41, 5.74) is 3.39. The highest BCUT2D eigenvalue weighted by molar-refractivity contribution is 14.1. The van der Waals surface area contributed by atoms with Crippen LogP contribution >= 0.6 is 22.6 Å². The number of unbranched alkanes of at least 4 members (excludes halogenated alkanes) is 1. The third-order valence-electron chi connectivity index (χ3n) is 3.15. The summed E-state index contributed by atoms with van der Waals surface area (Å²) in [6.07, 6.45) is 3.29. The third-order valence-corrected chi connectivity index (χ3v) is 4.27. The van der Waals surface area contributed by atoms with E-state index >= 15 is 0 Å². The molecule has 19 heavy (non-hydrogen) atoms. The van der Waals surface area contributed by atoms with Gasteiger partial charge < -0.3 is 9.14 Å². The molecule has 0 aliphatic carbocycles. The first-order valence-corrected chi connectivity index (χ1v) is 7.61. The van der Waals surface area contributed by atoms with Crippen molar-refractivity contribution in [1.29, 1.82) is 0 Å². The first kappa shape index (κ1) is 14.4. The highest BCUT2D eigenvalue weighted by Gasteiger charge is 2.19. The summed E-state index contributed by atoms with van der Waals surface area (Å²) in [4.78, 5) is 11.3. The average molecular weight is 371 g/mol. The van der Waals surface area contributed by atoms with Gasteiger partial charge in [0.1, 0.15) is 0 Å². The number of halogens is 1. The van der Waals surface area contributed by atoms with Gasteiger partial charge in [-0.05, 0) is 54.5 Å². The van der Waals surface area contributed by atoms with Gasteiger partial charge in [0, 0.05) is 18.3 Å². The Labute approximate surface area is 127 Å². The molecule has 0 fully saturated rings. The summed E-state index contributed by atoms with van der Waals surface area (Å²) in [6.45, 7) is 5.71. The SMILES string of the molecule is CCCCc1c(I)c(OC(C)=O)c2cccc(C)n12. The number of carbonyl (C=O) groups excluding carboxylic acids is 1. The summed E-state index contributed by atoms with van der Waals surface area (Å²) in [7, 11) is 0. The Morgan fingerprint density at radius 2 is 2.16 bits per heavy atom. The number of pyridine rings is 1. The molecule has 0 spiro atoms. The molecule has 0 saturated heterocycles. The van der Waals surface area contributed by atoms with Crippen molar-refractivity contribution >= 4 is 34.1 Å². The van der Waals surface area contributed by atoms with Crippen molar-refractivity contribution < 1.29 is 9.53 Å². The van der Waals surface area contributed by atoms with Crippen LogP contribution in [0.4, 0.5) is 0 Å². The lowest BCUT2D eigenvalue weighted by Crippen LogP contribution is -2.02. The van der Waals surface area contributed by atoms with Gasteiger partial charge in [0.15, 0.2) is 5.75 Å². The van der Waals surface area contributed by atoms with Crippen LogP contribution in [0.1, 0.15) is 38.1 Å². The van der Waals surface area contributed by atoms with Crippen LogP contribution in [-0.4, -0.2) is 10.4 Å². The van der Waals surface area contributed by atoms with Gasteiger partial charge in [-0.2, -0.15) is 0 Å². The minimum absolute atomic E-state index is 0.269. The van der Waals surface area contributed by atoms with E-state index in [0.29, 0.717) is 5.75 Å². The number of carbonyl (C=O) groups is 1. The molecule has 0 N–H and O–H groups in total. The summed E-state index contributed by atoms with van der Waals surface area (Å²) < 4.78 is 8.66. The fraction of sp³-hybridized carbons (Fsp3) is 0.400. The molecule has 0 saturated carbocycles. The van der Waals surface area contributed by atoms with Gasteiger partial charge in [0.05, 0.1) is 9.09 Å². The van der Waals surface area contributed by atoms with Gasteiger partial charge in [0.25, 0.3) is 0 Å². The number of hydrogen-bond donors (Lipinski definition) is 0. The van der Waals surface area contributed by atoms with Crippen molar-refractivity contribution in [3.8, 4) is 5.75 Å². The van der Waals surface area contributed by atoms with Gasteiger partial charge in [-0.1, -0.05) is 19.4 Å². The van der Waals surface area contributed by atoms with E-state index in [1.807, 2.05) is 12.1 Å². The van der Waals surface area contributed by atoms with Gasteiger partial charge in [-0.25, -0.2) is 0 Å². The molecule has 4 heteroatoms.